The maximum Gasteiger partial charge on any atom is 0.338 e. The number of pyridine rings is 1. The van der Waals surface area contributed by atoms with Crippen molar-refractivity contribution in [3.63, 3.8) is 0 Å². The van der Waals surface area contributed by atoms with Gasteiger partial charge < -0.3 is 5.11 Å². The highest BCUT2D eigenvalue weighted by atomic mass is 19.1. The van der Waals surface area contributed by atoms with Gasteiger partial charge in [-0.2, -0.15) is 0 Å². The van der Waals surface area contributed by atoms with E-state index in [1.165, 1.54) is 6.20 Å². The van der Waals surface area contributed by atoms with Gasteiger partial charge in [0.2, 0.25) is 0 Å². The molecule has 0 aliphatic heterocycles. The first kappa shape index (κ1) is 10.3. The number of carboxylic acids is 1. The zero-order valence-electron chi connectivity index (χ0n) is 8.22. The van der Waals surface area contributed by atoms with Crippen molar-refractivity contribution in [1.29, 1.82) is 0 Å². The standard InChI is InChI=1S/C12H8FNO2/c13-10-9(12(15)16)6-7-14-11(10)8-4-2-1-3-5-8/h1-7H,(H,15,16). The average Bonchev–Trinajstić information content (AvgIpc) is 2.30. The highest BCUT2D eigenvalue weighted by Gasteiger charge is 2.15. The third-order valence-electron chi connectivity index (χ3n) is 2.17. The van der Waals surface area contributed by atoms with E-state index >= 15 is 0 Å². The van der Waals surface area contributed by atoms with E-state index in [2.05, 4.69) is 4.98 Å². The minimum absolute atomic E-state index is 0.0560. The predicted molar refractivity (Wildman–Crippen MR) is 56.6 cm³/mol. The summed E-state index contributed by atoms with van der Waals surface area (Å²) >= 11 is 0. The van der Waals surface area contributed by atoms with Crippen LogP contribution in [0.3, 0.4) is 0 Å². The summed E-state index contributed by atoms with van der Waals surface area (Å²) in [5.74, 6) is -2.10. The van der Waals surface area contributed by atoms with E-state index in [9.17, 15) is 9.18 Å². The SMILES string of the molecule is O=C(O)c1ccnc(-c2ccccc2)c1F. The summed E-state index contributed by atoms with van der Waals surface area (Å²) in [5.41, 5.74) is 0.248. The van der Waals surface area contributed by atoms with Crippen molar-refractivity contribution in [2.24, 2.45) is 0 Å². The Bertz CT molecular complexity index is 526. The van der Waals surface area contributed by atoms with E-state index in [1.54, 1.807) is 30.3 Å². The molecule has 0 bridgehead atoms. The van der Waals surface area contributed by atoms with Crippen LogP contribution in [0.2, 0.25) is 0 Å². The lowest BCUT2D eigenvalue weighted by Gasteiger charge is -2.04. The van der Waals surface area contributed by atoms with Crippen LogP contribution in [-0.4, -0.2) is 16.1 Å². The second-order valence-electron chi connectivity index (χ2n) is 3.19. The molecule has 0 unspecified atom stereocenters. The molecule has 3 nitrogen and oxygen atoms in total. The molecule has 0 radical (unpaired) electrons. The van der Waals surface area contributed by atoms with Crippen LogP contribution in [0.15, 0.2) is 42.6 Å². The molecule has 2 rings (SSSR count). The largest absolute Gasteiger partial charge is 0.478 e. The topological polar surface area (TPSA) is 50.2 Å². The van der Waals surface area contributed by atoms with Crippen LogP contribution in [0.25, 0.3) is 11.3 Å². The summed E-state index contributed by atoms with van der Waals surface area (Å²) in [4.78, 5) is 14.6. The van der Waals surface area contributed by atoms with Crippen molar-refractivity contribution in [1.82, 2.24) is 4.98 Å². The molecule has 0 aliphatic carbocycles. The van der Waals surface area contributed by atoms with Gasteiger partial charge >= 0.3 is 5.97 Å². The van der Waals surface area contributed by atoms with Gasteiger partial charge in [-0.15, -0.1) is 0 Å². The van der Waals surface area contributed by atoms with Gasteiger partial charge in [-0.25, -0.2) is 9.18 Å². The number of rotatable bonds is 2. The highest BCUT2D eigenvalue weighted by molar-refractivity contribution is 5.89. The number of aromatic nitrogens is 1. The third kappa shape index (κ3) is 1.77. The molecule has 16 heavy (non-hydrogen) atoms. The van der Waals surface area contributed by atoms with Crippen LogP contribution in [0, 0.1) is 5.82 Å². The molecule has 0 spiro atoms. The number of hydrogen-bond acceptors (Lipinski definition) is 2. The number of carbonyl (C=O) groups is 1. The van der Waals surface area contributed by atoms with Crippen molar-refractivity contribution in [3.8, 4) is 11.3 Å². The van der Waals surface area contributed by atoms with E-state index in [4.69, 9.17) is 5.11 Å². The molecule has 80 valence electrons. The molecular weight excluding hydrogens is 209 g/mol. The molecule has 0 saturated carbocycles. The second kappa shape index (κ2) is 4.10. The van der Waals surface area contributed by atoms with E-state index in [0.717, 1.165) is 6.07 Å². The van der Waals surface area contributed by atoms with Crippen LogP contribution in [0.1, 0.15) is 10.4 Å². The molecule has 0 aliphatic rings. The van der Waals surface area contributed by atoms with E-state index in [1.807, 2.05) is 0 Å². The number of halogens is 1. The minimum Gasteiger partial charge on any atom is -0.478 e. The molecule has 0 fully saturated rings. The number of carboxylic acid groups (broad SMARTS) is 1. The Morgan fingerprint density at radius 2 is 1.88 bits per heavy atom. The summed E-state index contributed by atoms with van der Waals surface area (Å²) in [6.07, 6.45) is 1.29. The summed E-state index contributed by atoms with van der Waals surface area (Å²) in [7, 11) is 0. The maximum absolute atomic E-state index is 13.8. The van der Waals surface area contributed by atoms with Gasteiger partial charge in [-0.05, 0) is 6.07 Å². The number of aromatic carboxylic acids is 1. The van der Waals surface area contributed by atoms with E-state index in [0.29, 0.717) is 5.56 Å². The van der Waals surface area contributed by atoms with E-state index < -0.39 is 11.8 Å². The van der Waals surface area contributed by atoms with Gasteiger partial charge in [-0.3, -0.25) is 4.98 Å². The number of hydrogen-bond donors (Lipinski definition) is 1. The van der Waals surface area contributed by atoms with Gasteiger partial charge in [0.15, 0.2) is 5.82 Å². The summed E-state index contributed by atoms with van der Waals surface area (Å²) < 4.78 is 13.8. The maximum atomic E-state index is 13.8. The smallest absolute Gasteiger partial charge is 0.338 e. The Balaban J connectivity index is 2.59. The van der Waals surface area contributed by atoms with Crippen molar-refractivity contribution >= 4 is 5.97 Å². The van der Waals surface area contributed by atoms with Crippen LogP contribution >= 0.6 is 0 Å². The zero-order valence-corrected chi connectivity index (χ0v) is 8.22. The Kier molecular flexibility index (Phi) is 2.64. The molecule has 0 atom stereocenters. The van der Waals surface area contributed by atoms with Gasteiger partial charge in [0, 0.05) is 11.8 Å². The van der Waals surface area contributed by atoms with Crippen LogP contribution in [0.5, 0.6) is 0 Å². The molecule has 1 aromatic heterocycles. The summed E-state index contributed by atoms with van der Waals surface area (Å²) in [5, 5.41) is 8.77. The van der Waals surface area contributed by atoms with Crippen LogP contribution in [0.4, 0.5) is 4.39 Å². The van der Waals surface area contributed by atoms with Gasteiger partial charge in [0.05, 0.1) is 5.56 Å². The zero-order chi connectivity index (χ0) is 11.5. The third-order valence-corrected chi connectivity index (χ3v) is 2.17. The Hall–Kier alpha value is -2.23. The predicted octanol–water partition coefficient (Wildman–Crippen LogP) is 2.59. The van der Waals surface area contributed by atoms with Gasteiger partial charge in [-0.1, -0.05) is 30.3 Å². The lowest BCUT2D eigenvalue weighted by molar-refractivity contribution is 0.0692. The quantitative estimate of drug-likeness (QED) is 0.841. The van der Waals surface area contributed by atoms with Crippen molar-refractivity contribution in [2.45, 2.75) is 0 Å². The molecule has 1 heterocycles. The second-order valence-corrected chi connectivity index (χ2v) is 3.19. The summed E-state index contributed by atoms with van der Waals surface area (Å²) in [6.45, 7) is 0. The van der Waals surface area contributed by atoms with Crippen molar-refractivity contribution in [2.75, 3.05) is 0 Å². The lowest BCUT2D eigenvalue weighted by Crippen LogP contribution is -2.03. The molecule has 1 aromatic carbocycles. The molecule has 4 heteroatoms. The van der Waals surface area contributed by atoms with Crippen molar-refractivity contribution < 1.29 is 14.3 Å². The molecule has 2 aromatic rings. The van der Waals surface area contributed by atoms with Crippen molar-refractivity contribution in [3.05, 3.63) is 54.0 Å². The molecule has 0 saturated heterocycles. The van der Waals surface area contributed by atoms with Crippen LogP contribution in [-0.2, 0) is 0 Å². The fourth-order valence-electron chi connectivity index (χ4n) is 1.41. The fraction of sp³-hybridized carbons (Fsp3) is 0. The average molecular weight is 217 g/mol. The van der Waals surface area contributed by atoms with Crippen LogP contribution < -0.4 is 0 Å². The molecular formula is C12H8FNO2. The molecule has 1 N–H and O–H groups in total. The minimum atomic E-state index is -1.29. The number of nitrogens with zero attached hydrogens (tertiary/aromatic N) is 1. The van der Waals surface area contributed by atoms with Gasteiger partial charge in [0.1, 0.15) is 5.69 Å². The summed E-state index contributed by atoms with van der Waals surface area (Å²) in [6, 6.07) is 9.77. The van der Waals surface area contributed by atoms with E-state index in [-0.39, 0.29) is 11.3 Å². The first-order valence-electron chi connectivity index (χ1n) is 4.63. The lowest BCUT2D eigenvalue weighted by atomic mass is 10.1. The monoisotopic (exact) mass is 217 g/mol. The highest BCUT2D eigenvalue weighted by Crippen LogP contribution is 2.21. The normalized spacial score (nSPS) is 10.1. The molecule has 0 amide bonds. The Labute approximate surface area is 91.2 Å². The first-order valence-corrected chi connectivity index (χ1v) is 4.63. The van der Waals surface area contributed by atoms with Gasteiger partial charge in [0.25, 0.3) is 0 Å². The Morgan fingerprint density at radius 1 is 1.19 bits per heavy atom. The fourth-order valence-corrected chi connectivity index (χ4v) is 1.41. The first-order chi connectivity index (χ1) is 7.70. The number of benzene rings is 1. The Morgan fingerprint density at radius 3 is 2.50 bits per heavy atom.